The standard InChI is InChI=1S/C18H13NO5/c1-11-13-4-2-3-5-17(13)24-18(11)16(21)9-7-12-6-8-15(20)14(10-12)19(22)23/h2-10,20H,1H3/b9-7+. The molecule has 3 aromatic rings. The molecule has 3 rings (SSSR count). The van der Waals surface area contributed by atoms with E-state index in [-0.39, 0.29) is 11.5 Å². The van der Waals surface area contributed by atoms with E-state index in [9.17, 15) is 20.0 Å². The smallest absolute Gasteiger partial charge is 0.311 e. The summed E-state index contributed by atoms with van der Waals surface area (Å²) in [7, 11) is 0. The zero-order valence-corrected chi connectivity index (χ0v) is 12.7. The predicted molar refractivity (Wildman–Crippen MR) is 89.1 cm³/mol. The van der Waals surface area contributed by atoms with Crippen molar-refractivity contribution in [2.24, 2.45) is 0 Å². The van der Waals surface area contributed by atoms with Gasteiger partial charge < -0.3 is 9.52 Å². The van der Waals surface area contributed by atoms with Crippen LogP contribution in [0.4, 0.5) is 5.69 Å². The maximum absolute atomic E-state index is 12.3. The molecule has 0 radical (unpaired) electrons. The lowest BCUT2D eigenvalue weighted by molar-refractivity contribution is -0.385. The van der Waals surface area contributed by atoms with Gasteiger partial charge in [0.05, 0.1) is 4.92 Å². The minimum Gasteiger partial charge on any atom is -0.502 e. The van der Waals surface area contributed by atoms with Gasteiger partial charge in [-0.15, -0.1) is 0 Å². The number of carbonyl (C=O) groups is 1. The number of nitro benzene ring substituents is 1. The first-order chi connectivity index (χ1) is 11.5. The van der Waals surface area contributed by atoms with Gasteiger partial charge in [-0.05, 0) is 30.7 Å². The van der Waals surface area contributed by atoms with Gasteiger partial charge in [-0.25, -0.2) is 0 Å². The second-order valence-corrected chi connectivity index (χ2v) is 5.26. The van der Waals surface area contributed by atoms with Crippen molar-refractivity contribution in [3.8, 4) is 5.75 Å². The third-order valence-electron chi connectivity index (χ3n) is 3.69. The highest BCUT2D eigenvalue weighted by atomic mass is 16.6. The van der Waals surface area contributed by atoms with E-state index in [2.05, 4.69) is 0 Å². The maximum atomic E-state index is 12.3. The molecule has 0 aliphatic heterocycles. The zero-order chi connectivity index (χ0) is 17.3. The number of fused-ring (bicyclic) bond motifs is 1. The molecule has 0 amide bonds. The minimum atomic E-state index is -0.683. The fourth-order valence-corrected chi connectivity index (χ4v) is 2.45. The van der Waals surface area contributed by atoms with E-state index in [1.165, 1.54) is 30.4 Å². The van der Waals surface area contributed by atoms with Crippen LogP contribution in [0, 0.1) is 17.0 Å². The van der Waals surface area contributed by atoms with Crippen LogP contribution in [0.25, 0.3) is 17.0 Å². The van der Waals surface area contributed by atoms with E-state index in [1.54, 1.807) is 13.0 Å². The van der Waals surface area contributed by atoms with Crippen LogP contribution in [0.3, 0.4) is 0 Å². The number of phenols is 1. The van der Waals surface area contributed by atoms with Gasteiger partial charge >= 0.3 is 5.69 Å². The third-order valence-corrected chi connectivity index (χ3v) is 3.69. The number of benzene rings is 2. The summed E-state index contributed by atoms with van der Waals surface area (Å²) in [5, 5.41) is 21.1. The fraction of sp³-hybridized carbons (Fsp3) is 0.0556. The molecule has 2 aromatic carbocycles. The quantitative estimate of drug-likeness (QED) is 0.335. The highest BCUT2D eigenvalue weighted by Gasteiger charge is 2.16. The summed E-state index contributed by atoms with van der Waals surface area (Å²) >= 11 is 0. The molecule has 0 atom stereocenters. The lowest BCUT2D eigenvalue weighted by Crippen LogP contribution is -1.94. The van der Waals surface area contributed by atoms with Gasteiger partial charge in [0.15, 0.2) is 11.5 Å². The molecule has 0 spiro atoms. The second kappa shape index (κ2) is 6.00. The molecule has 1 aromatic heterocycles. The predicted octanol–water partition coefficient (Wildman–Crippen LogP) is 4.25. The van der Waals surface area contributed by atoms with E-state index in [1.807, 2.05) is 18.2 Å². The zero-order valence-electron chi connectivity index (χ0n) is 12.7. The molecule has 0 aliphatic rings. The summed E-state index contributed by atoms with van der Waals surface area (Å²) in [4.78, 5) is 22.5. The van der Waals surface area contributed by atoms with Crippen molar-refractivity contribution in [1.29, 1.82) is 0 Å². The SMILES string of the molecule is Cc1c(C(=O)/C=C/c2ccc(O)c([N+](=O)[O-])c2)oc2ccccc12. The number of aromatic hydroxyl groups is 1. The number of nitro groups is 1. The van der Waals surface area contributed by atoms with E-state index < -0.39 is 16.4 Å². The van der Waals surface area contributed by atoms with Gasteiger partial charge in [-0.3, -0.25) is 14.9 Å². The van der Waals surface area contributed by atoms with Crippen LogP contribution in [0.15, 0.2) is 53.0 Å². The van der Waals surface area contributed by atoms with E-state index in [0.29, 0.717) is 11.1 Å². The highest BCUT2D eigenvalue weighted by molar-refractivity contribution is 6.08. The number of para-hydroxylation sites is 1. The van der Waals surface area contributed by atoms with E-state index in [4.69, 9.17) is 4.42 Å². The Morgan fingerprint density at radius 1 is 1.25 bits per heavy atom. The summed E-state index contributed by atoms with van der Waals surface area (Å²) < 4.78 is 5.58. The largest absolute Gasteiger partial charge is 0.502 e. The lowest BCUT2D eigenvalue weighted by Gasteiger charge is -1.97. The van der Waals surface area contributed by atoms with Crippen molar-refractivity contribution < 1.29 is 19.2 Å². The van der Waals surface area contributed by atoms with Crippen LogP contribution in [-0.4, -0.2) is 15.8 Å². The number of carbonyl (C=O) groups excluding carboxylic acids is 1. The summed E-state index contributed by atoms with van der Waals surface area (Å²) in [6, 6.07) is 11.2. The number of nitrogens with zero attached hydrogens (tertiary/aromatic N) is 1. The lowest BCUT2D eigenvalue weighted by atomic mass is 10.1. The van der Waals surface area contributed by atoms with Crippen LogP contribution in [-0.2, 0) is 0 Å². The van der Waals surface area contributed by atoms with Gasteiger partial charge in [0.25, 0.3) is 0 Å². The summed E-state index contributed by atoms with van der Waals surface area (Å²) in [5.41, 5.74) is 1.40. The molecule has 24 heavy (non-hydrogen) atoms. The maximum Gasteiger partial charge on any atom is 0.311 e. The molecule has 0 aliphatic carbocycles. The van der Waals surface area contributed by atoms with Crippen LogP contribution in [0.2, 0.25) is 0 Å². The number of furan rings is 1. The monoisotopic (exact) mass is 323 g/mol. The molecule has 0 unspecified atom stereocenters. The topological polar surface area (TPSA) is 93.6 Å². The first-order valence-corrected chi connectivity index (χ1v) is 7.15. The van der Waals surface area contributed by atoms with Crippen LogP contribution < -0.4 is 0 Å². The number of ketones is 1. The van der Waals surface area contributed by atoms with Crippen molar-refractivity contribution in [2.45, 2.75) is 6.92 Å². The molecule has 0 saturated carbocycles. The van der Waals surface area contributed by atoms with Crippen molar-refractivity contribution in [1.82, 2.24) is 0 Å². The van der Waals surface area contributed by atoms with E-state index >= 15 is 0 Å². The molecule has 6 nitrogen and oxygen atoms in total. The minimum absolute atomic E-state index is 0.237. The molecule has 0 saturated heterocycles. The Kier molecular flexibility index (Phi) is 3.87. The Bertz CT molecular complexity index is 984. The first kappa shape index (κ1) is 15.5. The Labute approximate surface area is 136 Å². The number of hydrogen-bond acceptors (Lipinski definition) is 5. The van der Waals surface area contributed by atoms with E-state index in [0.717, 1.165) is 10.9 Å². The summed E-state index contributed by atoms with van der Waals surface area (Å²) in [5.74, 6) is -0.517. The molecule has 6 heteroatoms. The highest BCUT2D eigenvalue weighted by Crippen LogP contribution is 2.28. The first-order valence-electron chi connectivity index (χ1n) is 7.15. The number of aryl methyl sites for hydroxylation is 1. The normalized spacial score (nSPS) is 11.2. The number of hydrogen-bond donors (Lipinski definition) is 1. The Hall–Kier alpha value is -3.41. The van der Waals surface area contributed by atoms with Crippen LogP contribution in [0.5, 0.6) is 5.75 Å². The fourth-order valence-electron chi connectivity index (χ4n) is 2.45. The van der Waals surface area contributed by atoms with Gasteiger partial charge in [-0.2, -0.15) is 0 Å². The second-order valence-electron chi connectivity index (χ2n) is 5.26. The number of phenolic OH excluding ortho intramolecular Hbond substituents is 1. The van der Waals surface area contributed by atoms with Gasteiger partial charge in [0, 0.05) is 17.0 Å². The Morgan fingerprint density at radius 3 is 2.71 bits per heavy atom. The van der Waals surface area contributed by atoms with Gasteiger partial charge in [0.2, 0.25) is 5.78 Å². The number of allylic oxidation sites excluding steroid dienone is 1. The van der Waals surface area contributed by atoms with Gasteiger partial charge in [-0.1, -0.05) is 30.3 Å². The van der Waals surface area contributed by atoms with Crippen molar-refractivity contribution >= 4 is 28.5 Å². The van der Waals surface area contributed by atoms with Crippen molar-refractivity contribution in [3.05, 3.63) is 75.5 Å². The molecular formula is C18H13NO5. The summed E-state index contributed by atoms with van der Waals surface area (Å²) in [6.45, 7) is 1.80. The van der Waals surface area contributed by atoms with Gasteiger partial charge in [0.1, 0.15) is 5.58 Å². The Balaban J connectivity index is 1.91. The third kappa shape index (κ3) is 2.77. The Morgan fingerprint density at radius 2 is 2.00 bits per heavy atom. The molecule has 0 fully saturated rings. The average Bonchev–Trinajstić information content (AvgIpc) is 2.91. The van der Waals surface area contributed by atoms with Crippen LogP contribution >= 0.6 is 0 Å². The molecule has 1 N–H and O–H groups in total. The molecule has 1 heterocycles. The molecule has 0 bridgehead atoms. The van der Waals surface area contributed by atoms with Crippen molar-refractivity contribution in [2.75, 3.05) is 0 Å². The van der Waals surface area contributed by atoms with Crippen LogP contribution in [0.1, 0.15) is 21.7 Å². The molecule has 120 valence electrons. The average molecular weight is 323 g/mol. The summed E-state index contributed by atoms with van der Waals surface area (Å²) in [6.07, 6.45) is 2.74. The van der Waals surface area contributed by atoms with Crippen molar-refractivity contribution in [3.63, 3.8) is 0 Å². The molecular weight excluding hydrogens is 310 g/mol. The number of rotatable bonds is 4.